The molecule has 0 saturated carbocycles. The fourth-order valence-corrected chi connectivity index (χ4v) is 2.43. The van der Waals surface area contributed by atoms with Crippen molar-refractivity contribution in [2.24, 2.45) is 5.92 Å². The summed E-state index contributed by atoms with van der Waals surface area (Å²) < 4.78 is 86.4. The van der Waals surface area contributed by atoms with E-state index in [0.29, 0.717) is 39.9 Å². The molecule has 0 radical (unpaired) electrons. The van der Waals surface area contributed by atoms with Gasteiger partial charge >= 0.3 is 18.3 Å². The highest BCUT2D eigenvalue weighted by atomic mass is 19.4. The van der Waals surface area contributed by atoms with Crippen LogP contribution >= 0.6 is 0 Å². The lowest BCUT2D eigenvalue weighted by atomic mass is 9.84. The van der Waals surface area contributed by atoms with E-state index >= 15 is 0 Å². The predicted octanol–water partition coefficient (Wildman–Crippen LogP) is 2.98. The number of hydrogen-bond acceptors (Lipinski definition) is 4. The zero-order valence-corrected chi connectivity index (χ0v) is 12.6. The molecular weight excluding hydrogens is 334 g/mol. The molecule has 136 valence electrons. The quantitative estimate of drug-likeness (QED) is 0.624. The maximum Gasteiger partial charge on any atom is 0.430 e. The maximum absolute atomic E-state index is 12.8. The summed E-state index contributed by atoms with van der Waals surface area (Å²) in [5.41, 5.74) is -8.40. The third kappa shape index (κ3) is 4.09. The topological polar surface area (TPSA) is 55.8 Å². The van der Waals surface area contributed by atoms with E-state index in [4.69, 9.17) is 4.74 Å². The summed E-state index contributed by atoms with van der Waals surface area (Å²) in [5, 5.41) is 9.32. The summed E-state index contributed by atoms with van der Waals surface area (Å²) in [6, 6.07) is 0. The van der Waals surface area contributed by atoms with Gasteiger partial charge in [-0.1, -0.05) is 0 Å². The minimum absolute atomic E-state index is 0.239. The lowest BCUT2D eigenvalue weighted by Gasteiger charge is -2.43. The van der Waals surface area contributed by atoms with Gasteiger partial charge in [-0.05, 0) is 32.6 Å². The average Bonchev–Trinajstić information content (AvgIpc) is 2.35. The van der Waals surface area contributed by atoms with E-state index in [9.17, 15) is 36.2 Å². The van der Waals surface area contributed by atoms with Crippen LogP contribution in [0.5, 0.6) is 0 Å². The number of alkyl halides is 6. The van der Waals surface area contributed by atoms with Crippen LogP contribution in [0, 0.1) is 5.92 Å². The van der Waals surface area contributed by atoms with E-state index in [1.165, 1.54) is 0 Å². The van der Waals surface area contributed by atoms with Crippen molar-refractivity contribution in [3.8, 4) is 0 Å². The van der Waals surface area contributed by atoms with Crippen LogP contribution in [-0.4, -0.2) is 47.8 Å². The van der Waals surface area contributed by atoms with Crippen molar-refractivity contribution in [3.05, 3.63) is 0 Å². The summed E-state index contributed by atoms with van der Waals surface area (Å²) in [6.07, 6.45) is -11.5. The zero-order chi connectivity index (χ0) is 18.1. The molecular formula is C13H18F6O4. The third-order valence-electron chi connectivity index (χ3n) is 3.86. The first-order valence-corrected chi connectivity index (χ1v) is 6.88. The minimum atomic E-state index is -6.06. The molecule has 1 aliphatic heterocycles. The number of carbonyl (C=O) groups is 1. The van der Waals surface area contributed by atoms with Gasteiger partial charge in [0, 0.05) is 19.6 Å². The molecule has 1 rings (SSSR count). The lowest BCUT2D eigenvalue weighted by Crippen LogP contribution is -2.69. The van der Waals surface area contributed by atoms with Crippen molar-refractivity contribution in [2.75, 3.05) is 13.2 Å². The van der Waals surface area contributed by atoms with Crippen LogP contribution in [-0.2, 0) is 14.3 Å². The summed E-state index contributed by atoms with van der Waals surface area (Å²) in [5.74, 6) is -1.47. The third-order valence-corrected chi connectivity index (χ3v) is 3.86. The van der Waals surface area contributed by atoms with Gasteiger partial charge in [-0.2, -0.15) is 26.3 Å². The predicted molar refractivity (Wildman–Crippen MR) is 65.4 cm³/mol. The van der Waals surface area contributed by atoms with E-state index in [1.807, 2.05) is 0 Å². The molecule has 4 nitrogen and oxygen atoms in total. The molecule has 23 heavy (non-hydrogen) atoms. The van der Waals surface area contributed by atoms with Gasteiger partial charge < -0.3 is 14.6 Å². The molecule has 0 aromatic rings. The van der Waals surface area contributed by atoms with Crippen LogP contribution < -0.4 is 0 Å². The largest absolute Gasteiger partial charge is 0.456 e. The van der Waals surface area contributed by atoms with E-state index < -0.39 is 29.5 Å². The molecule has 0 aromatic heterocycles. The zero-order valence-electron chi connectivity index (χ0n) is 12.6. The van der Waals surface area contributed by atoms with Crippen molar-refractivity contribution >= 4 is 5.97 Å². The molecule has 0 bridgehead atoms. The van der Waals surface area contributed by atoms with Gasteiger partial charge in [0.05, 0.1) is 0 Å². The lowest BCUT2D eigenvalue weighted by molar-refractivity contribution is -0.407. The number of esters is 1. The Morgan fingerprint density at radius 2 is 1.52 bits per heavy atom. The van der Waals surface area contributed by atoms with Crippen molar-refractivity contribution < 1.29 is 45.7 Å². The van der Waals surface area contributed by atoms with Crippen molar-refractivity contribution in [1.82, 2.24) is 0 Å². The van der Waals surface area contributed by atoms with Crippen LogP contribution in [0.4, 0.5) is 26.3 Å². The Morgan fingerprint density at radius 3 is 1.91 bits per heavy atom. The maximum atomic E-state index is 12.8. The van der Waals surface area contributed by atoms with Crippen LogP contribution in [0.3, 0.4) is 0 Å². The van der Waals surface area contributed by atoms with E-state index in [0.717, 1.165) is 0 Å². The number of hydrogen-bond donors (Lipinski definition) is 1. The second-order valence-corrected chi connectivity index (χ2v) is 5.95. The number of carbonyl (C=O) groups excluding carboxylic acids is 1. The SMILES string of the molecule is CC(C)(OC(=O)CC1CCOCC1)C(O)(C(F)(F)F)C(F)(F)F. The van der Waals surface area contributed by atoms with Gasteiger partial charge in [0.25, 0.3) is 5.60 Å². The van der Waals surface area contributed by atoms with Crippen LogP contribution in [0.25, 0.3) is 0 Å². The summed E-state index contributed by atoms with van der Waals surface area (Å²) in [6.45, 7) is 1.48. The summed E-state index contributed by atoms with van der Waals surface area (Å²) in [7, 11) is 0. The molecule has 0 atom stereocenters. The normalized spacial score (nSPS) is 18.8. The summed E-state index contributed by atoms with van der Waals surface area (Å²) >= 11 is 0. The minimum Gasteiger partial charge on any atom is -0.456 e. The Labute approximate surface area is 128 Å². The van der Waals surface area contributed by atoms with Gasteiger partial charge in [-0.15, -0.1) is 0 Å². The molecule has 0 aliphatic carbocycles. The Morgan fingerprint density at radius 1 is 1.09 bits per heavy atom. The van der Waals surface area contributed by atoms with Crippen molar-refractivity contribution in [2.45, 2.75) is 56.7 Å². The molecule has 0 spiro atoms. The monoisotopic (exact) mass is 352 g/mol. The molecule has 1 N–H and O–H groups in total. The number of aliphatic hydroxyl groups is 1. The second-order valence-electron chi connectivity index (χ2n) is 5.95. The Bertz CT molecular complexity index is 409. The first-order chi connectivity index (χ1) is 10.2. The Balaban J connectivity index is 2.91. The first kappa shape index (κ1) is 20.0. The smallest absolute Gasteiger partial charge is 0.430 e. The molecule has 1 fully saturated rings. The first-order valence-electron chi connectivity index (χ1n) is 6.88. The van der Waals surface area contributed by atoms with E-state index in [2.05, 4.69) is 4.74 Å². The van der Waals surface area contributed by atoms with E-state index in [-0.39, 0.29) is 12.3 Å². The van der Waals surface area contributed by atoms with Gasteiger partial charge in [-0.3, -0.25) is 4.79 Å². The van der Waals surface area contributed by atoms with Crippen LogP contribution in [0.15, 0.2) is 0 Å². The molecule has 1 heterocycles. The molecule has 0 unspecified atom stereocenters. The standard InChI is InChI=1S/C13H18F6O4/c1-10(2,11(21,12(14,15)16)13(17,18)19)23-9(20)7-8-3-5-22-6-4-8/h8,21H,3-7H2,1-2H3. The van der Waals surface area contributed by atoms with Crippen molar-refractivity contribution in [3.63, 3.8) is 0 Å². The summed E-state index contributed by atoms with van der Waals surface area (Å²) in [4.78, 5) is 11.7. The highest BCUT2D eigenvalue weighted by molar-refractivity contribution is 5.70. The molecule has 1 saturated heterocycles. The van der Waals surface area contributed by atoms with Gasteiger partial charge in [-0.25, -0.2) is 0 Å². The molecule has 1 aliphatic rings. The highest BCUT2D eigenvalue weighted by Gasteiger charge is 2.78. The average molecular weight is 352 g/mol. The Kier molecular flexibility index (Phi) is 5.62. The highest BCUT2D eigenvalue weighted by Crippen LogP contribution is 2.50. The van der Waals surface area contributed by atoms with Crippen molar-refractivity contribution in [1.29, 1.82) is 0 Å². The number of halogens is 6. The van der Waals surface area contributed by atoms with Gasteiger partial charge in [0.1, 0.15) is 0 Å². The molecule has 10 heteroatoms. The molecule has 0 aromatic carbocycles. The number of rotatable bonds is 4. The fourth-order valence-electron chi connectivity index (χ4n) is 2.43. The van der Waals surface area contributed by atoms with Gasteiger partial charge in [0.15, 0.2) is 5.60 Å². The number of ether oxygens (including phenoxy) is 2. The fraction of sp³-hybridized carbons (Fsp3) is 0.923. The van der Waals surface area contributed by atoms with Gasteiger partial charge in [0.2, 0.25) is 0 Å². The van der Waals surface area contributed by atoms with E-state index in [1.54, 1.807) is 0 Å². The molecule has 0 amide bonds. The van der Waals surface area contributed by atoms with Crippen LogP contribution in [0.1, 0.15) is 33.1 Å². The Hall–Kier alpha value is -1.03. The van der Waals surface area contributed by atoms with Crippen LogP contribution in [0.2, 0.25) is 0 Å². The second kappa shape index (κ2) is 6.46.